The van der Waals surface area contributed by atoms with E-state index in [1.165, 1.54) is 4.90 Å². The Morgan fingerprint density at radius 1 is 0.806 bits per heavy atom. The Hall–Kier alpha value is -3.16. The number of aryl methyl sites for hydroxylation is 1. The zero-order chi connectivity index (χ0) is 22.4. The Kier molecular flexibility index (Phi) is 7.44. The minimum Gasteiger partial charge on any atom is -0.497 e. The van der Waals surface area contributed by atoms with Crippen molar-refractivity contribution in [2.45, 2.75) is 6.92 Å². The summed E-state index contributed by atoms with van der Waals surface area (Å²) in [5.74, 6) is -0.0663. The molecule has 0 atom stereocenters. The Morgan fingerprint density at radius 2 is 1.39 bits per heavy atom. The lowest BCUT2D eigenvalue weighted by molar-refractivity contribution is -0.120. The second kappa shape index (κ2) is 10.2. The number of hydrogen-bond acceptors (Lipinski definition) is 6. The summed E-state index contributed by atoms with van der Waals surface area (Å²) >= 11 is 0. The first-order valence-corrected chi connectivity index (χ1v) is 10.1. The fraction of sp³-hybridized carbons (Fsp3) is 0.333. The summed E-state index contributed by atoms with van der Waals surface area (Å²) in [6, 6.07) is 14.5. The highest BCUT2D eigenvalue weighted by Gasteiger charge is 2.42. The lowest BCUT2D eigenvalue weighted by Gasteiger charge is -2.25. The Labute approximate surface area is 182 Å². The van der Waals surface area contributed by atoms with Gasteiger partial charge in [0.1, 0.15) is 11.4 Å². The molecule has 0 fully saturated rings. The van der Waals surface area contributed by atoms with Crippen molar-refractivity contribution in [3.8, 4) is 5.75 Å². The smallest absolute Gasteiger partial charge is 0.282 e. The molecule has 0 unspecified atom stereocenters. The molecule has 0 bridgehead atoms. The Balaban J connectivity index is 2.09. The van der Waals surface area contributed by atoms with Crippen LogP contribution < -0.4 is 9.64 Å². The van der Waals surface area contributed by atoms with Crippen LogP contribution in [0.3, 0.4) is 0 Å². The van der Waals surface area contributed by atoms with Crippen LogP contribution in [0.15, 0.2) is 54.2 Å². The third-order valence-corrected chi connectivity index (χ3v) is 5.18. The molecule has 0 spiro atoms. The fourth-order valence-corrected chi connectivity index (χ4v) is 3.50. The van der Waals surface area contributed by atoms with Crippen molar-refractivity contribution in [2.24, 2.45) is 0 Å². The van der Waals surface area contributed by atoms with Gasteiger partial charge in [-0.25, -0.2) is 4.90 Å². The summed E-state index contributed by atoms with van der Waals surface area (Å²) < 4.78 is 15.7. The Morgan fingerprint density at radius 3 is 1.90 bits per heavy atom. The van der Waals surface area contributed by atoms with E-state index in [1.54, 1.807) is 45.6 Å². The average molecular weight is 424 g/mol. The number of amides is 2. The molecule has 164 valence electrons. The molecule has 31 heavy (non-hydrogen) atoms. The summed E-state index contributed by atoms with van der Waals surface area (Å²) in [6.07, 6.45) is 0. The number of nitrogens with zero attached hydrogens (tertiary/aromatic N) is 2. The topological polar surface area (TPSA) is 68.3 Å². The normalized spacial score (nSPS) is 13.9. The molecule has 2 aromatic carbocycles. The van der Waals surface area contributed by atoms with Crippen LogP contribution >= 0.6 is 0 Å². The zero-order valence-electron chi connectivity index (χ0n) is 18.4. The monoisotopic (exact) mass is 424 g/mol. The standard InChI is InChI=1S/C24H28N2O5/c1-17-5-7-18(8-6-17)21-22(25(13-15-29-2)14-16-30-3)24(28)26(23(21)27)19-9-11-20(31-4)12-10-19/h5-12H,13-16H2,1-4H3. The first-order valence-electron chi connectivity index (χ1n) is 10.1. The summed E-state index contributed by atoms with van der Waals surface area (Å²) in [4.78, 5) is 30.2. The van der Waals surface area contributed by atoms with Crippen LogP contribution in [0.1, 0.15) is 11.1 Å². The molecule has 2 amide bonds. The van der Waals surface area contributed by atoms with E-state index in [9.17, 15) is 9.59 Å². The van der Waals surface area contributed by atoms with Gasteiger partial charge in [-0.3, -0.25) is 9.59 Å². The molecule has 0 saturated carbocycles. The molecule has 2 aromatic rings. The number of anilines is 1. The summed E-state index contributed by atoms with van der Waals surface area (Å²) in [5, 5.41) is 0. The van der Waals surface area contributed by atoms with E-state index < -0.39 is 0 Å². The zero-order valence-corrected chi connectivity index (χ0v) is 18.4. The van der Waals surface area contributed by atoms with Gasteiger partial charge in [-0.2, -0.15) is 0 Å². The van der Waals surface area contributed by atoms with Gasteiger partial charge in [0.05, 0.1) is 31.6 Å². The number of hydrogen-bond donors (Lipinski definition) is 0. The molecule has 1 heterocycles. The van der Waals surface area contributed by atoms with Crippen molar-refractivity contribution >= 4 is 23.1 Å². The summed E-state index contributed by atoms with van der Waals surface area (Å²) in [5.41, 5.74) is 3.01. The molecule has 0 saturated heterocycles. The third-order valence-electron chi connectivity index (χ3n) is 5.18. The molecule has 3 rings (SSSR count). The highest BCUT2D eigenvalue weighted by Crippen LogP contribution is 2.35. The van der Waals surface area contributed by atoms with Crippen molar-refractivity contribution in [3.63, 3.8) is 0 Å². The highest BCUT2D eigenvalue weighted by atomic mass is 16.5. The molecule has 0 radical (unpaired) electrons. The molecular formula is C24H28N2O5. The summed E-state index contributed by atoms with van der Waals surface area (Å²) in [7, 11) is 4.78. The molecule has 0 aliphatic carbocycles. The second-order valence-electron chi connectivity index (χ2n) is 7.21. The van der Waals surface area contributed by atoms with Crippen LogP contribution in [0.5, 0.6) is 5.75 Å². The second-order valence-corrected chi connectivity index (χ2v) is 7.21. The molecular weight excluding hydrogens is 396 g/mol. The first-order chi connectivity index (χ1) is 15.0. The van der Waals surface area contributed by atoms with Gasteiger partial charge in [-0.15, -0.1) is 0 Å². The SMILES string of the molecule is COCCN(CCOC)C1=C(c2ccc(C)cc2)C(=O)N(c2ccc(OC)cc2)C1=O. The average Bonchev–Trinajstić information content (AvgIpc) is 3.04. The van der Waals surface area contributed by atoms with Gasteiger partial charge in [0.2, 0.25) is 0 Å². The summed E-state index contributed by atoms with van der Waals surface area (Å²) in [6.45, 7) is 3.73. The van der Waals surface area contributed by atoms with E-state index in [0.717, 1.165) is 5.56 Å². The van der Waals surface area contributed by atoms with E-state index in [-0.39, 0.29) is 11.8 Å². The van der Waals surface area contributed by atoms with Gasteiger partial charge in [-0.05, 0) is 36.8 Å². The van der Waals surface area contributed by atoms with Crippen LogP contribution in [-0.4, -0.2) is 64.3 Å². The maximum Gasteiger partial charge on any atom is 0.282 e. The quantitative estimate of drug-likeness (QED) is 0.547. The van der Waals surface area contributed by atoms with E-state index in [4.69, 9.17) is 14.2 Å². The van der Waals surface area contributed by atoms with Crippen LogP contribution in [0.4, 0.5) is 5.69 Å². The highest BCUT2D eigenvalue weighted by molar-refractivity contribution is 6.45. The number of rotatable bonds is 10. The number of carbonyl (C=O) groups is 2. The number of benzene rings is 2. The predicted molar refractivity (Wildman–Crippen MR) is 119 cm³/mol. The third kappa shape index (κ3) is 4.78. The van der Waals surface area contributed by atoms with Crippen LogP contribution in [0, 0.1) is 6.92 Å². The Bertz CT molecular complexity index is 943. The number of imide groups is 1. The maximum atomic E-state index is 13.6. The van der Waals surface area contributed by atoms with Crippen molar-refractivity contribution in [1.29, 1.82) is 0 Å². The van der Waals surface area contributed by atoms with Crippen molar-refractivity contribution < 1.29 is 23.8 Å². The van der Waals surface area contributed by atoms with Gasteiger partial charge < -0.3 is 19.1 Å². The van der Waals surface area contributed by atoms with Crippen molar-refractivity contribution in [2.75, 3.05) is 52.5 Å². The molecule has 0 N–H and O–H groups in total. The van der Waals surface area contributed by atoms with Crippen LogP contribution in [-0.2, 0) is 19.1 Å². The van der Waals surface area contributed by atoms with Gasteiger partial charge in [-0.1, -0.05) is 29.8 Å². The molecule has 1 aliphatic rings. The van der Waals surface area contributed by atoms with Crippen molar-refractivity contribution in [3.05, 3.63) is 65.4 Å². The molecule has 7 nitrogen and oxygen atoms in total. The fourth-order valence-electron chi connectivity index (χ4n) is 3.50. The lowest BCUT2D eigenvalue weighted by atomic mass is 10.0. The van der Waals surface area contributed by atoms with E-state index in [1.807, 2.05) is 36.1 Å². The number of carbonyl (C=O) groups excluding carboxylic acids is 2. The van der Waals surface area contributed by atoms with Gasteiger partial charge in [0.25, 0.3) is 11.8 Å². The minimum absolute atomic E-state index is 0.353. The van der Waals surface area contributed by atoms with E-state index in [2.05, 4.69) is 0 Å². The largest absolute Gasteiger partial charge is 0.497 e. The minimum atomic E-state index is -0.363. The molecule has 0 aromatic heterocycles. The first kappa shape index (κ1) is 22.5. The number of ether oxygens (including phenoxy) is 3. The van der Waals surface area contributed by atoms with Gasteiger partial charge >= 0.3 is 0 Å². The van der Waals surface area contributed by atoms with Gasteiger partial charge in [0.15, 0.2) is 0 Å². The predicted octanol–water partition coefficient (Wildman–Crippen LogP) is 2.88. The van der Waals surface area contributed by atoms with Crippen molar-refractivity contribution in [1.82, 2.24) is 4.90 Å². The van der Waals surface area contributed by atoms with E-state index in [0.29, 0.717) is 54.6 Å². The van der Waals surface area contributed by atoms with Crippen LogP contribution in [0.25, 0.3) is 5.57 Å². The van der Waals surface area contributed by atoms with E-state index >= 15 is 0 Å². The number of methoxy groups -OCH3 is 3. The van der Waals surface area contributed by atoms with Crippen LogP contribution in [0.2, 0.25) is 0 Å². The molecule has 7 heteroatoms. The lowest BCUT2D eigenvalue weighted by Crippen LogP contribution is -2.37. The molecule has 1 aliphatic heterocycles. The van der Waals surface area contributed by atoms with Gasteiger partial charge in [0, 0.05) is 27.3 Å². The maximum absolute atomic E-state index is 13.6.